The number of benzene rings is 2. The average Bonchev–Trinajstić information content (AvgIpc) is 2.70. The van der Waals surface area contributed by atoms with Crippen LogP contribution < -0.4 is 14.2 Å². The molecule has 1 heterocycles. The van der Waals surface area contributed by atoms with Crippen molar-refractivity contribution in [3.8, 4) is 17.2 Å². The number of fused-ring (bicyclic) bond motifs is 1. The van der Waals surface area contributed by atoms with Crippen LogP contribution in [0.3, 0.4) is 0 Å². The minimum absolute atomic E-state index is 0.185. The molecule has 144 valence electrons. The molecule has 0 amide bonds. The minimum atomic E-state index is -1.01. The highest BCUT2D eigenvalue weighted by molar-refractivity contribution is 9.10. The van der Waals surface area contributed by atoms with Gasteiger partial charge in [-0.2, -0.15) is 0 Å². The molecule has 0 saturated heterocycles. The number of hydrogen-bond acceptors (Lipinski definition) is 5. The Morgan fingerprint density at radius 3 is 2.39 bits per heavy atom. The van der Waals surface area contributed by atoms with E-state index in [1.54, 1.807) is 50.6 Å². The van der Waals surface area contributed by atoms with Crippen LogP contribution in [-0.2, 0) is 0 Å². The van der Waals surface area contributed by atoms with E-state index in [1.807, 2.05) is 12.1 Å². The Kier molecular flexibility index (Phi) is 5.84. The van der Waals surface area contributed by atoms with E-state index in [4.69, 9.17) is 14.2 Å². The van der Waals surface area contributed by atoms with Crippen molar-refractivity contribution in [3.05, 3.63) is 57.7 Å². The molecule has 0 spiro atoms. The number of hydrogen-bond donors (Lipinski definition) is 1. The van der Waals surface area contributed by atoms with Gasteiger partial charge in [0, 0.05) is 15.4 Å². The smallest absolute Gasteiger partial charge is 0.336 e. The SMILES string of the molecule is COc1ccc(/C=C/c2cc(C(=O)O)c3cc(Br)ccc3n2)c(OC)c1OC. The number of carboxylic acids is 1. The van der Waals surface area contributed by atoms with Gasteiger partial charge in [-0.3, -0.25) is 0 Å². The highest BCUT2D eigenvalue weighted by atomic mass is 79.9. The standard InChI is InChI=1S/C21H18BrNO5/c1-26-18-9-5-12(19(27-2)20(18)28-3)4-7-14-11-16(21(24)25)15-10-13(22)6-8-17(15)23-14/h4-11H,1-3H3,(H,24,25)/b7-4+. The number of rotatable bonds is 6. The minimum Gasteiger partial charge on any atom is -0.493 e. The van der Waals surface area contributed by atoms with Crippen molar-refractivity contribution in [2.24, 2.45) is 0 Å². The maximum absolute atomic E-state index is 11.7. The van der Waals surface area contributed by atoms with Gasteiger partial charge in [0.2, 0.25) is 5.75 Å². The number of carboxylic acid groups (broad SMARTS) is 1. The quantitative estimate of drug-likeness (QED) is 0.583. The number of carbonyl (C=O) groups is 1. The van der Waals surface area contributed by atoms with Gasteiger partial charge in [0.25, 0.3) is 0 Å². The third-order valence-electron chi connectivity index (χ3n) is 4.19. The number of ether oxygens (including phenoxy) is 3. The van der Waals surface area contributed by atoms with Crippen LogP contribution in [0.15, 0.2) is 40.9 Å². The van der Waals surface area contributed by atoms with Crippen LogP contribution in [0.2, 0.25) is 0 Å². The molecule has 0 aliphatic carbocycles. The number of aromatic carboxylic acids is 1. The van der Waals surface area contributed by atoms with Crippen molar-refractivity contribution in [2.75, 3.05) is 21.3 Å². The molecule has 0 aliphatic heterocycles. The predicted molar refractivity (Wildman–Crippen MR) is 111 cm³/mol. The molecule has 0 radical (unpaired) electrons. The summed E-state index contributed by atoms with van der Waals surface area (Å²) in [6.07, 6.45) is 3.52. The first-order chi connectivity index (χ1) is 13.5. The molecule has 28 heavy (non-hydrogen) atoms. The number of aromatic nitrogens is 1. The van der Waals surface area contributed by atoms with Crippen LogP contribution in [0, 0.1) is 0 Å². The Bertz CT molecular complexity index is 1080. The Hall–Kier alpha value is -3.06. The molecule has 0 aliphatic rings. The first-order valence-corrected chi connectivity index (χ1v) is 9.08. The molecular weight excluding hydrogens is 426 g/mol. The van der Waals surface area contributed by atoms with E-state index in [-0.39, 0.29) is 5.56 Å². The molecule has 1 aromatic heterocycles. The van der Waals surface area contributed by atoms with Crippen molar-refractivity contribution >= 4 is 45.0 Å². The molecule has 7 heteroatoms. The molecule has 0 unspecified atom stereocenters. The summed E-state index contributed by atoms with van der Waals surface area (Å²) < 4.78 is 16.9. The van der Waals surface area contributed by atoms with E-state index >= 15 is 0 Å². The third kappa shape index (κ3) is 3.80. The maximum atomic E-state index is 11.7. The molecule has 0 bridgehead atoms. The van der Waals surface area contributed by atoms with Crippen molar-refractivity contribution < 1.29 is 24.1 Å². The lowest BCUT2D eigenvalue weighted by molar-refractivity contribution is 0.0699. The van der Waals surface area contributed by atoms with Gasteiger partial charge in [-0.25, -0.2) is 9.78 Å². The van der Waals surface area contributed by atoms with Crippen LogP contribution >= 0.6 is 15.9 Å². The molecule has 1 N–H and O–H groups in total. The summed E-state index contributed by atoms with van der Waals surface area (Å²) in [4.78, 5) is 16.2. The van der Waals surface area contributed by atoms with E-state index in [0.29, 0.717) is 33.8 Å². The second-order valence-corrected chi connectivity index (χ2v) is 6.73. The predicted octanol–water partition coefficient (Wildman–Crippen LogP) is 4.89. The molecule has 0 fully saturated rings. The summed E-state index contributed by atoms with van der Waals surface area (Å²) in [5, 5.41) is 10.1. The second kappa shape index (κ2) is 8.31. The summed E-state index contributed by atoms with van der Waals surface area (Å²) in [7, 11) is 4.64. The van der Waals surface area contributed by atoms with Crippen LogP contribution in [0.1, 0.15) is 21.6 Å². The fraction of sp³-hybridized carbons (Fsp3) is 0.143. The van der Waals surface area contributed by atoms with E-state index in [1.165, 1.54) is 7.11 Å². The Balaban J connectivity index is 2.09. The third-order valence-corrected chi connectivity index (χ3v) is 4.68. The lowest BCUT2D eigenvalue weighted by Crippen LogP contribution is -2.00. The number of halogens is 1. The van der Waals surface area contributed by atoms with Crippen LogP contribution in [0.25, 0.3) is 23.1 Å². The van der Waals surface area contributed by atoms with E-state index in [9.17, 15) is 9.90 Å². The molecule has 3 aromatic rings. The van der Waals surface area contributed by atoms with Gasteiger partial charge in [0.15, 0.2) is 11.5 Å². The first kappa shape index (κ1) is 19.7. The van der Waals surface area contributed by atoms with E-state index in [2.05, 4.69) is 20.9 Å². The lowest BCUT2D eigenvalue weighted by Gasteiger charge is -2.14. The summed E-state index contributed by atoms with van der Waals surface area (Å²) in [6.45, 7) is 0. The van der Waals surface area contributed by atoms with Crippen LogP contribution in [0.5, 0.6) is 17.2 Å². The zero-order chi connectivity index (χ0) is 20.3. The molecule has 0 saturated carbocycles. The Labute approximate surface area is 170 Å². The second-order valence-electron chi connectivity index (χ2n) is 5.82. The highest BCUT2D eigenvalue weighted by Gasteiger charge is 2.15. The molecule has 2 aromatic carbocycles. The van der Waals surface area contributed by atoms with Crippen LogP contribution in [-0.4, -0.2) is 37.4 Å². The first-order valence-electron chi connectivity index (χ1n) is 8.29. The molecule has 3 rings (SSSR count). The Morgan fingerprint density at radius 1 is 1.00 bits per heavy atom. The molecule has 6 nitrogen and oxygen atoms in total. The molecular formula is C21H18BrNO5. The van der Waals surface area contributed by atoms with Gasteiger partial charge in [-0.1, -0.05) is 15.9 Å². The molecule has 0 atom stereocenters. The average molecular weight is 444 g/mol. The van der Waals surface area contributed by atoms with Crippen molar-refractivity contribution in [3.63, 3.8) is 0 Å². The normalized spacial score (nSPS) is 11.0. The number of nitrogens with zero attached hydrogens (tertiary/aromatic N) is 1. The van der Waals surface area contributed by atoms with Gasteiger partial charge < -0.3 is 19.3 Å². The summed E-state index contributed by atoms with van der Waals surface area (Å²) in [6, 6.07) is 10.5. The number of pyridine rings is 1. The number of methoxy groups -OCH3 is 3. The monoisotopic (exact) mass is 443 g/mol. The maximum Gasteiger partial charge on any atom is 0.336 e. The largest absolute Gasteiger partial charge is 0.493 e. The van der Waals surface area contributed by atoms with Gasteiger partial charge in [-0.15, -0.1) is 0 Å². The fourth-order valence-corrected chi connectivity index (χ4v) is 3.27. The zero-order valence-electron chi connectivity index (χ0n) is 15.5. The zero-order valence-corrected chi connectivity index (χ0v) is 17.1. The topological polar surface area (TPSA) is 77.9 Å². The summed E-state index contributed by atoms with van der Waals surface area (Å²) in [5.41, 5.74) is 2.05. The van der Waals surface area contributed by atoms with Crippen molar-refractivity contribution in [2.45, 2.75) is 0 Å². The van der Waals surface area contributed by atoms with Crippen molar-refractivity contribution in [1.82, 2.24) is 4.98 Å². The summed E-state index contributed by atoms with van der Waals surface area (Å²) in [5.74, 6) is 0.541. The van der Waals surface area contributed by atoms with Gasteiger partial charge in [-0.05, 0) is 48.6 Å². The Morgan fingerprint density at radius 2 is 1.75 bits per heavy atom. The van der Waals surface area contributed by atoms with E-state index in [0.717, 1.165) is 10.0 Å². The van der Waals surface area contributed by atoms with Gasteiger partial charge in [0.1, 0.15) is 0 Å². The fourth-order valence-electron chi connectivity index (χ4n) is 2.91. The van der Waals surface area contributed by atoms with Crippen molar-refractivity contribution in [1.29, 1.82) is 0 Å². The van der Waals surface area contributed by atoms with Gasteiger partial charge in [0.05, 0.1) is 38.1 Å². The van der Waals surface area contributed by atoms with Gasteiger partial charge >= 0.3 is 5.97 Å². The summed E-state index contributed by atoms with van der Waals surface area (Å²) >= 11 is 3.37. The highest BCUT2D eigenvalue weighted by Crippen LogP contribution is 2.40. The lowest BCUT2D eigenvalue weighted by atomic mass is 10.1. The van der Waals surface area contributed by atoms with E-state index < -0.39 is 5.97 Å². The van der Waals surface area contributed by atoms with Crippen LogP contribution in [0.4, 0.5) is 0 Å².